The molecule has 3 aliphatic carbocycles. The average molecular weight is 251 g/mol. The normalized spacial score (nSPS) is 60.2. The molecular formula is C15H23O3+. The molecule has 100 valence electrons. The highest BCUT2D eigenvalue weighted by molar-refractivity contribution is 5.38. The van der Waals surface area contributed by atoms with E-state index in [1.54, 1.807) is 0 Å². The maximum atomic E-state index is 10.7. The third-order valence-electron chi connectivity index (χ3n) is 6.59. The summed E-state index contributed by atoms with van der Waals surface area (Å²) in [7, 11) is 0. The molecule has 18 heavy (non-hydrogen) atoms. The lowest BCUT2D eigenvalue weighted by Crippen LogP contribution is -2.46. The van der Waals surface area contributed by atoms with Gasteiger partial charge in [0.25, 0.3) is 0 Å². The van der Waals surface area contributed by atoms with Gasteiger partial charge in [-0.2, -0.15) is 0 Å². The molecule has 3 heteroatoms. The number of fused-ring (bicyclic) bond motifs is 2. The van der Waals surface area contributed by atoms with Crippen LogP contribution in [0, 0.1) is 34.0 Å². The van der Waals surface area contributed by atoms with E-state index in [0.717, 1.165) is 18.8 Å². The Bertz CT molecular complexity index is 407. The van der Waals surface area contributed by atoms with E-state index in [2.05, 4.69) is 20.8 Å². The van der Waals surface area contributed by atoms with Crippen LogP contribution in [0.4, 0.5) is 0 Å². The molecular weight excluding hydrogens is 228 g/mol. The van der Waals surface area contributed by atoms with Crippen LogP contribution < -0.4 is 0 Å². The van der Waals surface area contributed by atoms with Gasteiger partial charge in [-0.1, -0.05) is 20.8 Å². The van der Waals surface area contributed by atoms with Crippen molar-refractivity contribution in [3.8, 4) is 0 Å². The van der Waals surface area contributed by atoms with E-state index >= 15 is 0 Å². The number of aliphatic hydroxyl groups excluding tert-OH is 2. The Hall–Kier alpha value is -0.250. The predicted molar refractivity (Wildman–Crippen MR) is 66.4 cm³/mol. The van der Waals surface area contributed by atoms with Crippen LogP contribution in [0.25, 0.3) is 0 Å². The summed E-state index contributed by atoms with van der Waals surface area (Å²) in [6, 6.07) is 0. The van der Waals surface area contributed by atoms with Gasteiger partial charge in [0.15, 0.2) is 17.9 Å². The SMILES string of the molecule is CC1(C)C[C@H]2[C@H](O)[C+]3CO[C@@H](O)[C@]34C[C@]4(C)[C@H]2C1. The minimum atomic E-state index is -0.684. The van der Waals surface area contributed by atoms with Crippen molar-refractivity contribution in [1.82, 2.24) is 0 Å². The van der Waals surface area contributed by atoms with Crippen LogP contribution in [0.3, 0.4) is 0 Å². The molecule has 0 aromatic rings. The van der Waals surface area contributed by atoms with Gasteiger partial charge in [-0.05, 0) is 24.2 Å². The summed E-state index contributed by atoms with van der Waals surface area (Å²) in [4.78, 5) is 0. The van der Waals surface area contributed by atoms with Crippen molar-refractivity contribution >= 4 is 0 Å². The van der Waals surface area contributed by atoms with Gasteiger partial charge in [-0.25, -0.2) is 0 Å². The summed E-state index contributed by atoms with van der Waals surface area (Å²) in [6.07, 6.45) is 2.24. The largest absolute Gasteiger partial charge is 0.364 e. The number of ether oxygens (including phenoxy) is 1. The molecule has 0 radical (unpaired) electrons. The molecule has 0 amide bonds. The molecule has 2 N–H and O–H groups in total. The molecule has 1 heterocycles. The maximum absolute atomic E-state index is 10.7. The molecule has 0 aromatic heterocycles. The van der Waals surface area contributed by atoms with Gasteiger partial charge in [0.05, 0.1) is 0 Å². The first kappa shape index (κ1) is 11.6. The molecule has 6 atom stereocenters. The van der Waals surface area contributed by atoms with Crippen LogP contribution in [0.5, 0.6) is 0 Å². The second-order valence-electron chi connectivity index (χ2n) is 8.04. The van der Waals surface area contributed by atoms with Gasteiger partial charge >= 0.3 is 0 Å². The van der Waals surface area contributed by atoms with Crippen LogP contribution in [-0.4, -0.2) is 29.2 Å². The van der Waals surface area contributed by atoms with Crippen LogP contribution in [0.1, 0.15) is 40.0 Å². The summed E-state index contributed by atoms with van der Waals surface area (Å²) < 4.78 is 5.46. The van der Waals surface area contributed by atoms with Gasteiger partial charge < -0.3 is 14.9 Å². The van der Waals surface area contributed by atoms with Crippen molar-refractivity contribution in [2.75, 3.05) is 6.61 Å². The summed E-state index contributed by atoms with van der Waals surface area (Å²) in [5.74, 6) is 2.02. The van der Waals surface area contributed by atoms with Crippen LogP contribution in [-0.2, 0) is 4.74 Å². The van der Waals surface area contributed by atoms with E-state index in [4.69, 9.17) is 4.74 Å². The molecule has 4 aliphatic rings. The van der Waals surface area contributed by atoms with Crippen molar-refractivity contribution in [2.24, 2.45) is 28.1 Å². The summed E-state index contributed by atoms with van der Waals surface area (Å²) in [5, 5.41) is 20.9. The molecule has 0 bridgehead atoms. The van der Waals surface area contributed by atoms with E-state index in [-0.39, 0.29) is 16.9 Å². The Kier molecular flexibility index (Phi) is 1.87. The quantitative estimate of drug-likeness (QED) is 0.645. The van der Waals surface area contributed by atoms with E-state index < -0.39 is 6.29 Å². The second kappa shape index (κ2) is 2.92. The van der Waals surface area contributed by atoms with Crippen molar-refractivity contribution in [1.29, 1.82) is 0 Å². The molecule has 1 aliphatic heterocycles. The van der Waals surface area contributed by atoms with E-state index in [1.165, 1.54) is 6.42 Å². The Morgan fingerprint density at radius 1 is 1.17 bits per heavy atom. The van der Waals surface area contributed by atoms with Crippen LogP contribution >= 0.6 is 0 Å². The zero-order chi connectivity index (χ0) is 12.9. The lowest BCUT2D eigenvalue weighted by atomic mass is 9.63. The Morgan fingerprint density at radius 2 is 1.89 bits per heavy atom. The van der Waals surface area contributed by atoms with Gasteiger partial charge in [0.1, 0.15) is 0 Å². The van der Waals surface area contributed by atoms with Crippen LogP contribution in [0.2, 0.25) is 0 Å². The standard InChI is InChI=1S/C15H23O3/c1-13(2)4-8-9(5-13)14(3)7-15(14)10(11(8)16)6-18-12(15)17/h8-9,11-12,16-17H,4-7H2,1-3H3/q+1/t8-,9+,11+,12-,14-,15+/m1/s1. The lowest BCUT2D eigenvalue weighted by molar-refractivity contribution is -0.108. The second-order valence-corrected chi connectivity index (χ2v) is 8.04. The number of hydrogen-bond acceptors (Lipinski definition) is 3. The Balaban J connectivity index is 1.77. The fourth-order valence-corrected chi connectivity index (χ4v) is 5.69. The first-order valence-corrected chi connectivity index (χ1v) is 7.16. The van der Waals surface area contributed by atoms with Crippen molar-refractivity contribution in [3.05, 3.63) is 5.92 Å². The summed E-state index contributed by atoms with van der Waals surface area (Å²) in [6.45, 7) is 7.38. The van der Waals surface area contributed by atoms with Crippen molar-refractivity contribution in [3.63, 3.8) is 0 Å². The molecule has 4 fully saturated rings. The first-order valence-electron chi connectivity index (χ1n) is 7.16. The monoisotopic (exact) mass is 251 g/mol. The lowest BCUT2D eigenvalue weighted by Gasteiger charge is -2.36. The highest BCUT2D eigenvalue weighted by Crippen LogP contribution is 2.82. The fourth-order valence-electron chi connectivity index (χ4n) is 5.69. The van der Waals surface area contributed by atoms with Gasteiger partial charge in [-0.3, -0.25) is 0 Å². The average Bonchev–Trinajstić information content (AvgIpc) is 2.59. The van der Waals surface area contributed by atoms with E-state index in [0.29, 0.717) is 23.9 Å². The molecule has 3 saturated carbocycles. The maximum Gasteiger partial charge on any atom is 0.206 e. The van der Waals surface area contributed by atoms with E-state index in [9.17, 15) is 10.2 Å². The molecule has 0 unspecified atom stereocenters. The molecule has 1 spiro atoms. The summed E-state index contributed by atoms with van der Waals surface area (Å²) >= 11 is 0. The van der Waals surface area contributed by atoms with Crippen molar-refractivity contribution < 1.29 is 14.9 Å². The molecule has 3 nitrogen and oxygen atoms in total. The molecule has 0 aromatic carbocycles. The topological polar surface area (TPSA) is 49.7 Å². The smallest absolute Gasteiger partial charge is 0.206 e. The Morgan fingerprint density at radius 3 is 2.61 bits per heavy atom. The van der Waals surface area contributed by atoms with Crippen LogP contribution in [0.15, 0.2) is 0 Å². The van der Waals surface area contributed by atoms with Gasteiger partial charge in [-0.15, -0.1) is 0 Å². The fraction of sp³-hybridized carbons (Fsp3) is 0.933. The minimum absolute atomic E-state index is 0.163. The molecule has 4 rings (SSSR count). The highest BCUT2D eigenvalue weighted by Gasteiger charge is 2.89. The molecule has 1 saturated heterocycles. The highest BCUT2D eigenvalue weighted by atomic mass is 16.6. The minimum Gasteiger partial charge on any atom is -0.364 e. The first-order chi connectivity index (χ1) is 8.32. The zero-order valence-corrected chi connectivity index (χ0v) is 11.4. The van der Waals surface area contributed by atoms with Gasteiger partial charge in [0.2, 0.25) is 12.4 Å². The number of aliphatic hydroxyl groups is 2. The van der Waals surface area contributed by atoms with Gasteiger partial charge in [0, 0.05) is 17.8 Å². The number of hydrogen-bond donors (Lipinski definition) is 2. The van der Waals surface area contributed by atoms with Crippen molar-refractivity contribution in [2.45, 2.75) is 52.4 Å². The third kappa shape index (κ3) is 1.03. The third-order valence-corrected chi connectivity index (χ3v) is 6.59. The predicted octanol–water partition coefficient (Wildman–Crippen LogP) is 1.73. The number of rotatable bonds is 0. The summed E-state index contributed by atoms with van der Waals surface area (Å²) in [5.41, 5.74) is 0.276. The van der Waals surface area contributed by atoms with E-state index in [1.807, 2.05) is 0 Å². The zero-order valence-electron chi connectivity index (χ0n) is 11.4. The Labute approximate surface area is 109 Å².